The summed E-state index contributed by atoms with van der Waals surface area (Å²) < 4.78 is 0. The van der Waals surface area contributed by atoms with Crippen molar-refractivity contribution in [3.63, 3.8) is 0 Å². The van der Waals surface area contributed by atoms with Gasteiger partial charge in [0.1, 0.15) is 0 Å². The molecule has 0 amide bonds. The predicted molar refractivity (Wildman–Crippen MR) is 118 cm³/mol. The van der Waals surface area contributed by atoms with Gasteiger partial charge < -0.3 is 16.7 Å². The quantitative estimate of drug-likeness (QED) is 0.195. The van der Waals surface area contributed by atoms with Crippen LogP contribution < -0.4 is 28.4 Å². The van der Waals surface area contributed by atoms with Crippen LogP contribution in [0.15, 0.2) is 66.0 Å². The lowest BCUT2D eigenvalue weighted by atomic mass is 10.2. The molecule has 0 spiro atoms. The summed E-state index contributed by atoms with van der Waals surface area (Å²) in [5.74, 6) is 16.5. The van der Waals surface area contributed by atoms with Crippen molar-refractivity contribution in [2.24, 2.45) is 22.6 Å². The zero-order valence-corrected chi connectivity index (χ0v) is 16.2. The number of benzene rings is 2. The Hall–Kier alpha value is -3.89. The van der Waals surface area contributed by atoms with Gasteiger partial charge in [-0.3, -0.25) is 0 Å². The van der Waals surface area contributed by atoms with E-state index in [-0.39, 0.29) is 0 Å². The Morgan fingerprint density at radius 2 is 1.14 bits per heavy atom. The van der Waals surface area contributed by atoms with Crippen LogP contribution >= 0.6 is 0 Å². The smallest absolute Gasteiger partial charge is 0.170 e. The van der Waals surface area contributed by atoms with Crippen LogP contribution in [-0.4, -0.2) is 26.1 Å². The number of nitrogens with two attached hydrogens (primary N) is 3. The molecule has 0 aliphatic heterocycles. The number of nitrogen functional groups attached to an aromatic ring is 2. The second-order valence-electron chi connectivity index (χ2n) is 5.93. The molecule has 2 aromatic carbocycles. The van der Waals surface area contributed by atoms with E-state index in [4.69, 9.17) is 17.5 Å². The van der Waals surface area contributed by atoms with E-state index in [1.165, 1.54) is 0 Å². The topological polar surface area (TPSA) is 166 Å². The summed E-state index contributed by atoms with van der Waals surface area (Å²) in [5.41, 5.74) is 5.90. The van der Waals surface area contributed by atoms with Gasteiger partial charge in [-0.05, 0) is 13.8 Å². The minimum Gasteiger partial charge on any atom is -0.323 e. The molecule has 0 bridgehead atoms. The van der Waals surface area contributed by atoms with Crippen LogP contribution in [0.1, 0.15) is 13.8 Å². The minimum atomic E-state index is 0.605. The normalized spacial score (nSPS) is 9.52. The summed E-state index contributed by atoms with van der Waals surface area (Å²) in [6.07, 6.45) is 3.41. The maximum Gasteiger partial charge on any atom is 0.170 e. The summed E-state index contributed by atoms with van der Waals surface area (Å²) in [5, 5.41) is 22.6. The third-order valence-corrected chi connectivity index (χ3v) is 3.67. The molecule has 10 nitrogen and oxygen atoms in total. The molecule has 0 fully saturated rings. The number of rotatable bonds is 2. The number of aromatic nitrogens is 4. The van der Waals surface area contributed by atoms with E-state index in [9.17, 15) is 0 Å². The Kier molecular flexibility index (Phi) is 8.17. The molecule has 0 unspecified atom stereocenters. The first kappa shape index (κ1) is 21.4. The van der Waals surface area contributed by atoms with Gasteiger partial charge >= 0.3 is 0 Å². The number of hydrazine groups is 2. The molecule has 10 heteroatoms. The Morgan fingerprint density at radius 3 is 1.48 bits per heavy atom. The highest BCUT2D eigenvalue weighted by atomic mass is 15.3. The molecular weight excluding hydrogens is 368 g/mol. The van der Waals surface area contributed by atoms with Crippen LogP contribution in [0.25, 0.3) is 21.5 Å². The van der Waals surface area contributed by atoms with Crippen molar-refractivity contribution in [3.05, 3.63) is 60.9 Å². The van der Waals surface area contributed by atoms with Crippen molar-refractivity contribution in [1.29, 1.82) is 0 Å². The Balaban J connectivity index is 0.000000170. The van der Waals surface area contributed by atoms with E-state index < -0.39 is 0 Å². The highest BCUT2D eigenvalue weighted by Crippen LogP contribution is 2.18. The van der Waals surface area contributed by atoms with Gasteiger partial charge in [0.2, 0.25) is 0 Å². The first-order chi connectivity index (χ1) is 14.1. The van der Waals surface area contributed by atoms with Gasteiger partial charge in [0, 0.05) is 27.3 Å². The van der Waals surface area contributed by atoms with Gasteiger partial charge in [-0.2, -0.15) is 15.3 Å². The lowest BCUT2D eigenvalue weighted by Gasteiger charge is -2.01. The average molecular weight is 392 g/mol. The van der Waals surface area contributed by atoms with Gasteiger partial charge in [0.15, 0.2) is 11.6 Å². The van der Waals surface area contributed by atoms with E-state index in [0.29, 0.717) is 11.6 Å². The number of fused-ring (bicyclic) bond motifs is 2. The van der Waals surface area contributed by atoms with Crippen LogP contribution in [0.5, 0.6) is 0 Å². The highest BCUT2D eigenvalue weighted by molar-refractivity contribution is 5.91. The summed E-state index contributed by atoms with van der Waals surface area (Å²) in [6, 6.07) is 15.6. The molecule has 0 saturated heterocycles. The van der Waals surface area contributed by atoms with Crippen LogP contribution in [0.2, 0.25) is 0 Å². The molecule has 0 saturated carbocycles. The summed E-state index contributed by atoms with van der Waals surface area (Å²) in [6.45, 7) is 3.69. The fourth-order valence-corrected chi connectivity index (χ4v) is 2.27. The zero-order valence-electron chi connectivity index (χ0n) is 16.2. The SMILES string of the molecule is CC(C)=NN.NNc1nncc2ccccc12.NNc1nncc2ccccc12. The Morgan fingerprint density at radius 1 is 0.759 bits per heavy atom. The first-order valence-electron chi connectivity index (χ1n) is 8.65. The second-order valence-corrected chi connectivity index (χ2v) is 5.93. The fourth-order valence-electron chi connectivity index (χ4n) is 2.27. The highest BCUT2D eigenvalue weighted by Gasteiger charge is 1.99. The van der Waals surface area contributed by atoms with Crippen LogP contribution in [0, 0.1) is 0 Å². The lowest BCUT2D eigenvalue weighted by molar-refractivity contribution is 1.04. The number of anilines is 2. The maximum atomic E-state index is 5.26. The van der Waals surface area contributed by atoms with Crippen molar-refractivity contribution in [2.75, 3.05) is 10.9 Å². The van der Waals surface area contributed by atoms with E-state index in [0.717, 1.165) is 27.3 Å². The summed E-state index contributed by atoms with van der Waals surface area (Å²) >= 11 is 0. The van der Waals surface area contributed by atoms with Crippen LogP contribution in [-0.2, 0) is 0 Å². The van der Waals surface area contributed by atoms with E-state index in [1.807, 2.05) is 62.4 Å². The largest absolute Gasteiger partial charge is 0.323 e. The summed E-state index contributed by atoms with van der Waals surface area (Å²) in [4.78, 5) is 0. The first-order valence-corrected chi connectivity index (χ1v) is 8.65. The Bertz CT molecular complexity index is 987. The number of nitrogens with one attached hydrogen (secondary N) is 2. The monoisotopic (exact) mass is 392 g/mol. The third-order valence-electron chi connectivity index (χ3n) is 3.67. The maximum absolute atomic E-state index is 5.26. The number of nitrogens with zero attached hydrogens (tertiary/aromatic N) is 5. The molecule has 4 aromatic rings. The number of hydrazone groups is 1. The minimum absolute atomic E-state index is 0.605. The molecule has 4 rings (SSSR count). The van der Waals surface area contributed by atoms with E-state index in [2.05, 4.69) is 36.3 Å². The Labute approximate surface area is 168 Å². The molecule has 29 heavy (non-hydrogen) atoms. The molecule has 2 aromatic heterocycles. The molecule has 0 radical (unpaired) electrons. The molecular formula is C19H24N10. The number of hydrogen-bond acceptors (Lipinski definition) is 10. The van der Waals surface area contributed by atoms with Crippen molar-refractivity contribution >= 4 is 38.9 Å². The van der Waals surface area contributed by atoms with Crippen molar-refractivity contribution in [3.8, 4) is 0 Å². The molecule has 0 atom stereocenters. The van der Waals surface area contributed by atoms with Gasteiger partial charge in [-0.25, -0.2) is 11.7 Å². The molecule has 0 aliphatic carbocycles. The standard InChI is InChI=1S/2C8H8N4.C3H8N2/c2*9-11-8-7-4-2-1-3-6(7)5-10-12-8;1-3(2)5-4/h2*1-5H,9H2,(H,11,12);4H2,1-2H3. The molecule has 0 aliphatic rings. The zero-order chi connectivity index (χ0) is 21.1. The van der Waals surface area contributed by atoms with Crippen molar-refractivity contribution in [1.82, 2.24) is 20.4 Å². The van der Waals surface area contributed by atoms with Crippen molar-refractivity contribution < 1.29 is 0 Å². The van der Waals surface area contributed by atoms with Gasteiger partial charge in [0.05, 0.1) is 12.4 Å². The molecule has 8 N–H and O–H groups in total. The van der Waals surface area contributed by atoms with E-state index >= 15 is 0 Å². The van der Waals surface area contributed by atoms with Gasteiger partial charge in [-0.1, -0.05) is 48.5 Å². The van der Waals surface area contributed by atoms with Gasteiger partial charge in [0.25, 0.3) is 0 Å². The summed E-state index contributed by atoms with van der Waals surface area (Å²) in [7, 11) is 0. The van der Waals surface area contributed by atoms with Crippen LogP contribution in [0.3, 0.4) is 0 Å². The predicted octanol–water partition coefficient (Wildman–Crippen LogP) is 2.17. The molecule has 150 valence electrons. The van der Waals surface area contributed by atoms with E-state index in [1.54, 1.807) is 12.4 Å². The van der Waals surface area contributed by atoms with Crippen LogP contribution in [0.4, 0.5) is 11.6 Å². The third kappa shape index (κ3) is 6.06. The van der Waals surface area contributed by atoms with Crippen molar-refractivity contribution in [2.45, 2.75) is 13.8 Å². The average Bonchev–Trinajstić information content (AvgIpc) is 2.79. The second kappa shape index (κ2) is 11.1. The van der Waals surface area contributed by atoms with Gasteiger partial charge in [-0.15, -0.1) is 10.2 Å². The molecule has 2 heterocycles. The fraction of sp³-hybridized carbons (Fsp3) is 0.105. The number of hydrogen-bond donors (Lipinski definition) is 5. The lowest BCUT2D eigenvalue weighted by Crippen LogP contribution is -2.09.